The minimum absolute atomic E-state index is 0.0448. The van der Waals surface area contributed by atoms with E-state index < -0.39 is 0 Å². The number of aromatic nitrogens is 1. The number of likely N-dealkylation sites (tertiary alicyclic amines) is 2. The number of carbonyl (C=O) groups is 2. The summed E-state index contributed by atoms with van der Waals surface area (Å²) >= 11 is 0. The highest BCUT2D eigenvalue weighted by atomic mass is 16.2. The van der Waals surface area contributed by atoms with Crippen LogP contribution in [0.1, 0.15) is 44.7 Å². The molecule has 1 atom stereocenters. The molecule has 2 aliphatic heterocycles. The van der Waals surface area contributed by atoms with Crippen molar-refractivity contribution in [2.24, 2.45) is 5.92 Å². The molecule has 7 heteroatoms. The summed E-state index contributed by atoms with van der Waals surface area (Å²) in [5, 5.41) is 6.01. The topological polar surface area (TPSA) is 77.6 Å². The predicted octanol–water partition coefficient (Wildman–Crippen LogP) is 1.99. The van der Waals surface area contributed by atoms with Gasteiger partial charge in [0.25, 0.3) is 0 Å². The van der Waals surface area contributed by atoms with Crippen LogP contribution in [-0.4, -0.2) is 65.5 Å². The van der Waals surface area contributed by atoms with E-state index in [4.69, 9.17) is 0 Å². The molecule has 0 aromatic carbocycles. The van der Waals surface area contributed by atoms with E-state index in [0.717, 1.165) is 70.5 Å². The number of carbonyl (C=O) groups excluding carboxylic acids is 2. The fourth-order valence-electron chi connectivity index (χ4n) is 4.15. The second-order valence-corrected chi connectivity index (χ2v) is 7.82. The molecule has 7 nitrogen and oxygen atoms in total. The summed E-state index contributed by atoms with van der Waals surface area (Å²) in [6.07, 6.45) is 6.68. The van der Waals surface area contributed by atoms with Gasteiger partial charge in [0.05, 0.1) is 18.2 Å². The zero-order chi connectivity index (χ0) is 19.8. The van der Waals surface area contributed by atoms with Crippen LogP contribution in [0.5, 0.6) is 0 Å². The van der Waals surface area contributed by atoms with Gasteiger partial charge in [-0.3, -0.25) is 14.7 Å². The molecule has 1 aromatic rings. The summed E-state index contributed by atoms with van der Waals surface area (Å²) in [5.41, 5.74) is 0.886. The van der Waals surface area contributed by atoms with E-state index in [1.807, 2.05) is 23.1 Å². The first-order valence-corrected chi connectivity index (χ1v) is 10.6. The van der Waals surface area contributed by atoms with Gasteiger partial charge in [-0.05, 0) is 50.8 Å². The van der Waals surface area contributed by atoms with Crippen molar-refractivity contribution in [1.82, 2.24) is 25.4 Å². The Hall–Kier alpha value is -2.15. The Morgan fingerprint density at radius 2 is 1.96 bits per heavy atom. The molecule has 0 aliphatic carbocycles. The predicted molar refractivity (Wildman–Crippen MR) is 109 cm³/mol. The van der Waals surface area contributed by atoms with E-state index in [-0.39, 0.29) is 17.9 Å². The minimum Gasteiger partial charge on any atom is -0.350 e. The Balaban J connectivity index is 1.43. The number of amides is 3. The number of hydrogen-bond acceptors (Lipinski definition) is 4. The molecular formula is C21H33N5O2. The number of nitrogens with zero attached hydrogens (tertiary/aromatic N) is 3. The van der Waals surface area contributed by atoms with Crippen LogP contribution in [0.25, 0.3) is 0 Å². The van der Waals surface area contributed by atoms with E-state index in [0.29, 0.717) is 12.6 Å². The lowest BCUT2D eigenvalue weighted by molar-refractivity contribution is -0.127. The van der Waals surface area contributed by atoms with Crippen molar-refractivity contribution >= 4 is 11.9 Å². The van der Waals surface area contributed by atoms with Crippen molar-refractivity contribution in [1.29, 1.82) is 0 Å². The molecular weight excluding hydrogens is 354 g/mol. The molecule has 3 heterocycles. The third-order valence-electron chi connectivity index (χ3n) is 5.79. The van der Waals surface area contributed by atoms with Gasteiger partial charge < -0.3 is 15.5 Å². The first kappa shape index (κ1) is 20.6. The Kier molecular flexibility index (Phi) is 7.65. The summed E-state index contributed by atoms with van der Waals surface area (Å²) in [7, 11) is 0. The highest BCUT2D eigenvalue weighted by Gasteiger charge is 2.32. The van der Waals surface area contributed by atoms with Gasteiger partial charge in [-0.2, -0.15) is 0 Å². The second-order valence-electron chi connectivity index (χ2n) is 7.82. The molecule has 2 fully saturated rings. The van der Waals surface area contributed by atoms with Gasteiger partial charge in [0.2, 0.25) is 5.91 Å². The number of piperidine rings is 2. The molecule has 2 N–H and O–H groups in total. The van der Waals surface area contributed by atoms with Crippen molar-refractivity contribution in [3.8, 4) is 0 Å². The van der Waals surface area contributed by atoms with E-state index >= 15 is 0 Å². The standard InChI is InChI=1S/C21H33N5O2/c1-2-10-23-21(28)25-13-8-19(9-14-25)26-12-5-6-17(16-26)20(27)24-15-18-7-3-4-11-22-18/h3-4,7,11,17,19H,2,5-6,8-10,12-16H2,1H3,(H,23,28)(H,24,27)/t17-/m0/s1. The van der Waals surface area contributed by atoms with Crippen LogP contribution in [0, 0.1) is 5.92 Å². The van der Waals surface area contributed by atoms with Crippen LogP contribution in [-0.2, 0) is 11.3 Å². The zero-order valence-corrected chi connectivity index (χ0v) is 16.9. The Labute approximate surface area is 167 Å². The average Bonchev–Trinajstić information content (AvgIpc) is 2.76. The molecule has 0 radical (unpaired) electrons. The molecule has 3 amide bonds. The van der Waals surface area contributed by atoms with Gasteiger partial charge in [0.1, 0.15) is 0 Å². The smallest absolute Gasteiger partial charge is 0.317 e. The lowest BCUT2D eigenvalue weighted by Gasteiger charge is -2.42. The highest BCUT2D eigenvalue weighted by molar-refractivity contribution is 5.79. The van der Waals surface area contributed by atoms with Crippen LogP contribution in [0.15, 0.2) is 24.4 Å². The molecule has 0 spiro atoms. The van der Waals surface area contributed by atoms with Crippen LogP contribution in [0.2, 0.25) is 0 Å². The van der Waals surface area contributed by atoms with Crippen molar-refractivity contribution in [2.75, 3.05) is 32.7 Å². The number of nitrogens with one attached hydrogen (secondary N) is 2. The van der Waals surface area contributed by atoms with Gasteiger partial charge in [-0.1, -0.05) is 13.0 Å². The Bertz CT molecular complexity index is 631. The van der Waals surface area contributed by atoms with Crippen molar-refractivity contribution in [3.63, 3.8) is 0 Å². The molecule has 28 heavy (non-hydrogen) atoms. The summed E-state index contributed by atoms with van der Waals surface area (Å²) in [6, 6.07) is 6.28. The van der Waals surface area contributed by atoms with Gasteiger partial charge >= 0.3 is 6.03 Å². The van der Waals surface area contributed by atoms with E-state index in [9.17, 15) is 9.59 Å². The molecule has 0 unspecified atom stereocenters. The molecule has 3 rings (SSSR count). The summed E-state index contributed by atoms with van der Waals surface area (Å²) in [6.45, 7) is 6.76. The quantitative estimate of drug-likeness (QED) is 0.783. The molecule has 1 aromatic heterocycles. The van der Waals surface area contributed by atoms with E-state index in [2.05, 4.69) is 27.4 Å². The van der Waals surface area contributed by atoms with Crippen LogP contribution >= 0.6 is 0 Å². The lowest BCUT2D eigenvalue weighted by atomic mass is 9.93. The molecule has 154 valence electrons. The second kappa shape index (κ2) is 10.4. The van der Waals surface area contributed by atoms with Gasteiger partial charge in [-0.25, -0.2) is 4.79 Å². The largest absolute Gasteiger partial charge is 0.350 e. The summed E-state index contributed by atoms with van der Waals surface area (Å²) in [5.74, 6) is 0.176. The number of pyridine rings is 1. The third kappa shape index (κ3) is 5.67. The summed E-state index contributed by atoms with van der Waals surface area (Å²) in [4.78, 5) is 33.4. The van der Waals surface area contributed by atoms with Crippen molar-refractivity contribution in [3.05, 3.63) is 30.1 Å². The fraction of sp³-hybridized carbons (Fsp3) is 0.667. The highest BCUT2D eigenvalue weighted by Crippen LogP contribution is 2.24. The van der Waals surface area contributed by atoms with E-state index in [1.54, 1.807) is 6.20 Å². The maximum atomic E-state index is 12.6. The summed E-state index contributed by atoms with van der Waals surface area (Å²) < 4.78 is 0. The number of hydrogen-bond donors (Lipinski definition) is 2. The maximum absolute atomic E-state index is 12.6. The Morgan fingerprint density at radius 3 is 2.68 bits per heavy atom. The molecule has 0 bridgehead atoms. The number of rotatable bonds is 6. The lowest BCUT2D eigenvalue weighted by Crippen LogP contribution is -2.52. The molecule has 2 saturated heterocycles. The third-order valence-corrected chi connectivity index (χ3v) is 5.79. The van der Waals surface area contributed by atoms with Crippen LogP contribution in [0.3, 0.4) is 0 Å². The van der Waals surface area contributed by atoms with Crippen LogP contribution in [0.4, 0.5) is 4.79 Å². The van der Waals surface area contributed by atoms with Gasteiger partial charge in [0.15, 0.2) is 0 Å². The first-order chi connectivity index (χ1) is 13.7. The minimum atomic E-state index is 0.0448. The van der Waals surface area contributed by atoms with E-state index in [1.165, 1.54) is 0 Å². The van der Waals surface area contributed by atoms with Gasteiger partial charge in [0, 0.05) is 38.4 Å². The Morgan fingerprint density at radius 1 is 1.14 bits per heavy atom. The molecule has 0 saturated carbocycles. The molecule has 2 aliphatic rings. The van der Waals surface area contributed by atoms with Crippen molar-refractivity contribution in [2.45, 2.75) is 51.6 Å². The van der Waals surface area contributed by atoms with Gasteiger partial charge in [-0.15, -0.1) is 0 Å². The monoisotopic (exact) mass is 387 g/mol. The van der Waals surface area contributed by atoms with Crippen molar-refractivity contribution < 1.29 is 9.59 Å². The normalized spacial score (nSPS) is 21.3. The first-order valence-electron chi connectivity index (χ1n) is 10.6. The SMILES string of the molecule is CCCNC(=O)N1CCC(N2CCC[C@H](C(=O)NCc3ccccn3)C2)CC1. The maximum Gasteiger partial charge on any atom is 0.317 e. The number of urea groups is 1. The van der Waals surface area contributed by atoms with Crippen LogP contribution < -0.4 is 10.6 Å². The average molecular weight is 388 g/mol. The zero-order valence-electron chi connectivity index (χ0n) is 16.9. The fourth-order valence-corrected chi connectivity index (χ4v) is 4.15.